The second-order valence-corrected chi connectivity index (χ2v) is 7.93. The average Bonchev–Trinajstić information content (AvgIpc) is 3.27. The minimum absolute atomic E-state index is 0. The summed E-state index contributed by atoms with van der Waals surface area (Å²) in [6.45, 7) is 8.20. The number of carbonyl (C=O) groups excluding carboxylic acids is 1. The van der Waals surface area contributed by atoms with Gasteiger partial charge in [-0.2, -0.15) is 4.52 Å². The Morgan fingerprint density at radius 2 is 2.04 bits per heavy atom. The number of nitrogen functional groups attached to an aromatic ring is 1. The third-order valence-corrected chi connectivity index (χ3v) is 4.17. The van der Waals surface area contributed by atoms with Gasteiger partial charge in [-0.15, -0.1) is 17.5 Å². The molecule has 1 aliphatic carbocycles. The number of nitrogens with two attached hydrogens (primary N) is 1. The number of nitrogens with one attached hydrogen (secondary N) is 1. The lowest BCUT2D eigenvalue weighted by atomic mass is 9.96. The van der Waals surface area contributed by atoms with E-state index in [1.165, 1.54) is 0 Å². The van der Waals surface area contributed by atoms with E-state index in [0.717, 1.165) is 17.4 Å². The molecule has 0 saturated heterocycles. The fraction of sp³-hybridized carbons (Fsp3) is 0.500. The maximum absolute atomic E-state index is 12.9. The predicted octanol–water partition coefficient (Wildman–Crippen LogP) is 2.18. The van der Waals surface area contributed by atoms with E-state index in [2.05, 4.69) is 10.4 Å². The second kappa shape index (κ2) is 7.26. The molecule has 0 unspecified atom stereocenters. The molecule has 2 aromatic heterocycles. The van der Waals surface area contributed by atoms with Crippen molar-refractivity contribution >= 4 is 35.9 Å². The Morgan fingerprint density at radius 3 is 2.56 bits per heavy atom. The van der Waals surface area contributed by atoms with Gasteiger partial charge in [-0.25, -0.2) is 0 Å². The van der Waals surface area contributed by atoms with Crippen LogP contribution in [0.3, 0.4) is 0 Å². The van der Waals surface area contributed by atoms with Crippen LogP contribution >= 0.6 is 12.4 Å². The molecular weight excluding hydrogens is 370 g/mol. The average molecular weight is 396 g/mol. The Hall–Kier alpha value is -2.48. The van der Waals surface area contributed by atoms with Crippen molar-refractivity contribution in [3.8, 4) is 5.88 Å². The van der Waals surface area contributed by atoms with Crippen molar-refractivity contribution in [2.75, 3.05) is 5.73 Å². The Morgan fingerprint density at radius 1 is 1.41 bits per heavy atom. The van der Waals surface area contributed by atoms with E-state index in [4.69, 9.17) is 5.73 Å². The van der Waals surface area contributed by atoms with E-state index in [0.29, 0.717) is 17.8 Å². The van der Waals surface area contributed by atoms with Crippen LogP contribution in [0.4, 0.5) is 5.82 Å². The van der Waals surface area contributed by atoms with Crippen LogP contribution in [-0.4, -0.2) is 31.2 Å². The highest BCUT2D eigenvalue weighted by Crippen LogP contribution is 2.29. The summed E-state index contributed by atoms with van der Waals surface area (Å²) in [6, 6.07) is 0.0642. The Labute approximate surface area is 163 Å². The van der Waals surface area contributed by atoms with E-state index in [1.54, 1.807) is 16.7 Å². The van der Waals surface area contributed by atoms with Crippen LogP contribution in [-0.2, 0) is 6.54 Å². The van der Waals surface area contributed by atoms with Crippen LogP contribution in [0.1, 0.15) is 56.5 Å². The smallest absolute Gasteiger partial charge is 0.291 e. The Kier molecular flexibility index (Phi) is 5.60. The largest absolute Gasteiger partial charge is 0.494 e. The van der Waals surface area contributed by atoms with Crippen molar-refractivity contribution in [2.24, 2.45) is 5.41 Å². The van der Waals surface area contributed by atoms with Gasteiger partial charge in [-0.3, -0.25) is 14.2 Å². The molecule has 4 N–H and O–H groups in total. The number of carbonyl (C=O) groups is 1. The van der Waals surface area contributed by atoms with Crippen LogP contribution < -0.4 is 16.6 Å². The molecule has 1 aliphatic rings. The van der Waals surface area contributed by atoms with Gasteiger partial charge in [-0.05, 0) is 25.2 Å². The first-order valence-corrected chi connectivity index (χ1v) is 8.71. The zero-order valence-electron chi connectivity index (χ0n) is 15.9. The highest BCUT2D eigenvalue weighted by Gasteiger charge is 2.31. The van der Waals surface area contributed by atoms with Gasteiger partial charge < -0.3 is 16.2 Å². The lowest BCUT2D eigenvalue weighted by molar-refractivity contribution is 0.0944. The van der Waals surface area contributed by atoms with Crippen molar-refractivity contribution < 1.29 is 9.90 Å². The maximum atomic E-state index is 12.9. The lowest BCUT2D eigenvalue weighted by Gasteiger charge is -2.23. The van der Waals surface area contributed by atoms with E-state index in [9.17, 15) is 14.7 Å². The van der Waals surface area contributed by atoms with Crippen LogP contribution in [0.5, 0.6) is 5.88 Å². The molecule has 0 aliphatic heterocycles. The number of hydrogen-bond acceptors (Lipinski definition) is 5. The number of allylic oxidation sites excluding steroid dienone is 1. The zero-order chi connectivity index (χ0) is 19.2. The second-order valence-electron chi connectivity index (χ2n) is 7.93. The summed E-state index contributed by atoms with van der Waals surface area (Å²) in [5.74, 6) is -0.774. The maximum Gasteiger partial charge on any atom is 0.291 e. The number of nitrogens with zero attached hydrogens (tertiary/aromatic N) is 3. The molecule has 2 aromatic rings. The molecule has 8 nitrogen and oxygen atoms in total. The summed E-state index contributed by atoms with van der Waals surface area (Å²) in [4.78, 5) is 25.4. The van der Waals surface area contributed by atoms with Crippen LogP contribution in [0.15, 0.2) is 10.9 Å². The number of hydrogen-bond donors (Lipinski definition) is 3. The van der Waals surface area contributed by atoms with E-state index >= 15 is 0 Å². The van der Waals surface area contributed by atoms with E-state index in [1.807, 2.05) is 27.7 Å². The molecule has 1 saturated carbocycles. The molecule has 0 spiro atoms. The molecular formula is C18H26ClN5O3. The Bertz CT molecular complexity index is 964. The van der Waals surface area contributed by atoms with Crippen molar-refractivity contribution in [1.82, 2.24) is 19.5 Å². The van der Waals surface area contributed by atoms with Crippen molar-refractivity contribution in [3.63, 3.8) is 0 Å². The molecule has 27 heavy (non-hydrogen) atoms. The number of aromatic hydroxyl groups is 1. The van der Waals surface area contributed by atoms with Gasteiger partial charge in [0.25, 0.3) is 11.5 Å². The van der Waals surface area contributed by atoms with Gasteiger partial charge in [0.1, 0.15) is 0 Å². The number of rotatable bonds is 4. The topological polar surface area (TPSA) is 115 Å². The van der Waals surface area contributed by atoms with Gasteiger partial charge in [0.15, 0.2) is 17.0 Å². The first kappa shape index (κ1) is 20.8. The summed E-state index contributed by atoms with van der Waals surface area (Å²) in [5.41, 5.74) is 5.71. The molecule has 0 bridgehead atoms. The molecule has 0 atom stereocenters. The fourth-order valence-electron chi connectivity index (χ4n) is 2.91. The van der Waals surface area contributed by atoms with Gasteiger partial charge >= 0.3 is 0 Å². The Balaban J connectivity index is 0.00000261. The monoisotopic (exact) mass is 395 g/mol. The number of fused-ring (bicyclic) bond motifs is 1. The molecule has 3 rings (SSSR count). The number of anilines is 1. The molecule has 1 fully saturated rings. The molecule has 1 amide bonds. The van der Waals surface area contributed by atoms with Crippen LogP contribution in [0.25, 0.3) is 11.7 Å². The van der Waals surface area contributed by atoms with E-state index < -0.39 is 11.5 Å². The lowest BCUT2D eigenvalue weighted by Crippen LogP contribution is -2.35. The third kappa shape index (κ3) is 3.95. The van der Waals surface area contributed by atoms with Gasteiger partial charge in [0, 0.05) is 12.6 Å². The standard InChI is InChI=1S/C18H25N5O3.ClH/c1-5-6-11-13(19)21-23-15(11)22(9-18(2,3)4)16(25)12(17(23)26)14(24)20-10-7-8-10;/h5-6,10,25H,7-9H2,1-4H3,(H2,19,21)(H,20,24);1H/b6-5+;. The summed E-state index contributed by atoms with van der Waals surface area (Å²) in [5, 5.41) is 17.7. The third-order valence-electron chi connectivity index (χ3n) is 4.17. The molecule has 9 heteroatoms. The predicted molar refractivity (Wildman–Crippen MR) is 107 cm³/mol. The van der Waals surface area contributed by atoms with Gasteiger partial charge in [0.2, 0.25) is 5.88 Å². The van der Waals surface area contributed by atoms with Crippen molar-refractivity contribution in [3.05, 3.63) is 27.6 Å². The highest BCUT2D eigenvalue weighted by molar-refractivity contribution is 5.97. The van der Waals surface area contributed by atoms with Crippen molar-refractivity contribution in [1.29, 1.82) is 0 Å². The molecule has 0 radical (unpaired) electrons. The van der Waals surface area contributed by atoms with Gasteiger partial charge in [0.05, 0.1) is 5.56 Å². The SMILES string of the molecule is C/C=C/c1c(N)nn2c(=O)c(C(=O)NC3CC3)c(O)n(CC(C)(C)C)c12.Cl. The first-order chi connectivity index (χ1) is 12.1. The summed E-state index contributed by atoms with van der Waals surface area (Å²) < 4.78 is 2.65. The normalized spacial score (nSPS) is 14.5. The van der Waals surface area contributed by atoms with Gasteiger partial charge in [-0.1, -0.05) is 32.9 Å². The molecule has 0 aromatic carbocycles. The molecule has 148 valence electrons. The van der Waals surface area contributed by atoms with E-state index in [-0.39, 0.29) is 41.1 Å². The van der Waals surface area contributed by atoms with Crippen LogP contribution in [0, 0.1) is 5.41 Å². The number of halogens is 1. The fourth-order valence-corrected chi connectivity index (χ4v) is 2.91. The number of aromatic nitrogens is 3. The summed E-state index contributed by atoms with van der Waals surface area (Å²) in [7, 11) is 0. The zero-order valence-corrected chi connectivity index (χ0v) is 16.8. The van der Waals surface area contributed by atoms with Crippen molar-refractivity contribution in [2.45, 2.75) is 53.1 Å². The number of amides is 1. The quantitative estimate of drug-likeness (QED) is 0.733. The minimum atomic E-state index is -0.678. The first-order valence-electron chi connectivity index (χ1n) is 8.71. The van der Waals surface area contributed by atoms with Crippen LogP contribution in [0.2, 0.25) is 0 Å². The molecule has 2 heterocycles. The highest BCUT2D eigenvalue weighted by atomic mass is 35.5. The summed E-state index contributed by atoms with van der Waals surface area (Å²) >= 11 is 0. The summed E-state index contributed by atoms with van der Waals surface area (Å²) in [6.07, 6.45) is 5.28. The minimum Gasteiger partial charge on any atom is -0.494 e.